The van der Waals surface area contributed by atoms with Gasteiger partial charge in [0.1, 0.15) is 6.04 Å². The molecule has 1 aliphatic heterocycles. The summed E-state index contributed by atoms with van der Waals surface area (Å²) in [5.74, 6) is -1.48. The van der Waals surface area contributed by atoms with Crippen LogP contribution >= 0.6 is 0 Å². The molecule has 0 spiro atoms. The van der Waals surface area contributed by atoms with Crippen molar-refractivity contribution in [2.75, 3.05) is 6.54 Å². The molecule has 1 unspecified atom stereocenters. The van der Waals surface area contributed by atoms with Crippen LogP contribution in [0, 0.1) is 11.3 Å². The zero-order valence-electron chi connectivity index (χ0n) is 10.4. The van der Waals surface area contributed by atoms with Crippen molar-refractivity contribution in [2.24, 2.45) is 11.5 Å². The predicted octanol–water partition coefficient (Wildman–Crippen LogP) is -0.198. The van der Waals surface area contributed by atoms with E-state index in [0.29, 0.717) is 6.08 Å². The molecule has 1 aliphatic rings. The van der Waals surface area contributed by atoms with Crippen LogP contribution in [0.15, 0.2) is 11.6 Å². The van der Waals surface area contributed by atoms with Crippen LogP contribution in [0.1, 0.15) is 12.8 Å². The van der Waals surface area contributed by atoms with E-state index < -0.39 is 42.2 Å². The van der Waals surface area contributed by atoms with E-state index in [1.165, 1.54) is 0 Å². The van der Waals surface area contributed by atoms with Crippen molar-refractivity contribution >= 4 is 11.8 Å². The van der Waals surface area contributed by atoms with Crippen molar-refractivity contribution in [2.45, 2.75) is 31.1 Å². The molecule has 6 nitrogen and oxygen atoms in total. The third-order valence-corrected chi connectivity index (χ3v) is 2.83. The monoisotopic (exact) mass is 290 g/mol. The van der Waals surface area contributed by atoms with Gasteiger partial charge in [0.05, 0.1) is 24.2 Å². The fourth-order valence-electron chi connectivity index (χ4n) is 1.76. The summed E-state index contributed by atoms with van der Waals surface area (Å²) in [5, 5.41) is 8.80. The van der Waals surface area contributed by atoms with Gasteiger partial charge in [0.25, 0.3) is 0 Å². The van der Waals surface area contributed by atoms with Crippen molar-refractivity contribution in [3.8, 4) is 6.07 Å². The molecule has 1 rings (SSSR count). The Hall–Kier alpha value is -2.08. The number of amides is 2. The largest absolute Gasteiger partial charge is 0.414 e. The van der Waals surface area contributed by atoms with Gasteiger partial charge in [-0.05, 0) is 12.5 Å². The number of nitriles is 1. The molecule has 0 aromatic carbocycles. The molecule has 1 heterocycles. The fraction of sp³-hybridized carbons (Fsp3) is 0.545. The second-order valence-electron chi connectivity index (χ2n) is 4.34. The van der Waals surface area contributed by atoms with Crippen LogP contribution in [0.25, 0.3) is 0 Å². The Morgan fingerprint density at radius 1 is 1.55 bits per heavy atom. The topological polar surface area (TPSA) is 113 Å². The Morgan fingerprint density at radius 3 is 2.60 bits per heavy atom. The lowest BCUT2D eigenvalue weighted by molar-refractivity contribution is -0.133. The van der Waals surface area contributed by atoms with Crippen LogP contribution in [-0.4, -0.2) is 41.5 Å². The summed E-state index contributed by atoms with van der Waals surface area (Å²) in [5.41, 5.74) is 9.44. The summed E-state index contributed by atoms with van der Waals surface area (Å²) in [6.07, 6.45) is -4.14. The number of nitrogens with two attached hydrogens (primary N) is 2. The first kappa shape index (κ1) is 16.0. The van der Waals surface area contributed by atoms with Gasteiger partial charge in [0.2, 0.25) is 11.8 Å². The summed E-state index contributed by atoms with van der Waals surface area (Å²) < 4.78 is 37.7. The summed E-state index contributed by atoms with van der Waals surface area (Å²) in [6.45, 7) is -0.717. The van der Waals surface area contributed by atoms with Crippen LogP contribution in [-0.2, 0) is 9.59 Å². The summed E-state index contributed by atoms with van der Waals surface area (Å²) in [6, 6.07) is -0.876. The van der Waals surface area contributed by atoms with Gasteiger partial charge >= 0.3 is 6.18 Å². The molecule has 2 amide bonds. The fourth-order valence-corrected chi connectivity index (χ4v) is 1.76. The molecule has 20 heavy (non-hydrogen) atoms. The van der Waals surface area contributed by atoms with Gasteiger partial charge in [0.15, 0.2) is 0 Å². The molecule has 0 bridgehead atoms. The van der Waals surface area contributed by atoms with Crippen molar-refractivity contribution in [1.82, 2.24) is 4.90 Å². The third-order valence-electron chi connectivity index (χ3n) is 2.83. The molecule has 0 aliphatic carbocycles. The van der Waals surface area contributed by atoms with Gasteiger partial charge < -0.3 is 16.4 Å². The molecule has 9 heteroatoms. The van der Waals surface area contributed by atoms with Crippen LogP contribution in [0.2, 0.25) is 0 Å². The quantitative estimate of drug-likeness (QED) is 0.698. The number of hydrogen-bond acceptors (Lipinski definition) is 4. The average molecular weight is 290 g/mol. The minimum Gasteiger partial charge on any atom is -0.370 e. The maximum atomic E-state index is 12.6. The highest BCUT2D eigenvalue weighted by molar-refractivity contribution is 5.84. The van der Waals surface area contributed by atoms with Gasteiger partial charge in [0, 0.05) is 6.42 Å². The smallest absolute Gasteiger partial charge is 0.370 e. The zero-order valence-corrected chi connectivity index (χ0v) is 10.4. The van der Waals surface area contributed by atoms with Crippen molar-refractivity contribution in [1.29, 1.82) is 5.26 Å². The number of halogens is 3. The number of hydrogen-bond donors (Lipinski definition) is 2. The van der Waals surface area contributed by atoms with Crippen LogP contribution in [0.4, 0.5) is 13.2 Å². The molecule has 0 fully saturated rings. The number of carbonyl (C=O) groups excluding carboxylic acids is 2. The van der Waals surface area contributed by atoms with E-state index in [1.807, 2.05) is 0 Å². The number of alkyl halides is 3. The van der Waals surface area contributed by atoms with Crippen molar-refractivity contribution in [3.63, 3.8) is 0 Å². The van der Waals surface area contributed by atoms with Crippen LogP contribution in [0.5, 0.6) is 0 Å². The SMILES string of the molecule is N#CC1C=C(C(F)(F)F)CN1C(=O)[C@@H](N)CCC(N)=O. The summed E-state index contributed by atoms with van der Waals surface area (Å²) in [7, 11) is 0. The maximum absolute atomic E-state index is 12.6. The summed E-state index contributed by atoms with van der Waals surface area (Å²) in [4.78, 5) is 23.2. The lowest BCUT2D eigenvalue weighted by Crippen LogP contribution is -2.46. The van der Waals surface area contributed by atoms with E-state index in [0.717, 1.165) is 4.90 Å². The molecular weight excluding hydrogens is 277 g/mol. The molecular formula is C11H13F3N4O2. The number of rotatable bonds is 4. The molecule has 0 saturated carbocycles. The average Bonchev–Trinajstić information content (AvgIpc) is 2.78. The van der Waals surface area contributed by atoms with Gasteiger partial charge in [-0.2, -0.15) is 18.4 Å². The molecule has 0 aromatic rings. The van der Waals surface area contributed by atoms with E-state index >= 15 is 0 Å². The number of carbonyl (C=O) groups is 2. The Morgan fingerprint density at radius 2 is 2.15 bits per heavy atom. The Labute approximate surface area is 112 Å². The highest BCUT2D eigenvalue weighted by atomic mass is 19.4. The molecule has 4 N–H and O–H groups in total. The van der Waals surface area contributed by atoms with Gasteiger partial charge in [-0.15, -0.1) is 0 Å². The van der Waals surface area contributed by atoms with E-state index in [2.05, 4.69) is 0 Å². The van der Waals surface area contributed by atoms with Gasteiger partial charge in [-0.25, -0.2) is 0 Å². The van der Waals surface area contributed by atoms with E-state index in [9.17, 15) is 22.8 Å². The highest BCUT2D eigenvalue weighted by Gasteiger charge is 2.42. The maximum Gasteiger partial charge on any atom is 0.414 e. The standard InChI is InChI=1S/C11H13F3N4O2/c12-11(13,14)6-3-7(4-15)18(5-6)10(20)8(16)1-2-9(17)19/h3,7-8H,1-2,5,16H2,(H2,17,19)/t7?,8-/m0/s1. The lowest BCUT2D eigenvalue weighted by Gasteiger charge is -2.23. The first-order chi connectivity index (χ1) is 9.16. The molecule has 110 valence electrons. The van der Waals surface area contributed by atoms with Gasteiger partial charge in [-0.3, -0.25) is 9.59 Å². The predicted molar refractivity (Wildman–Crippen MR) is 61.7 cm³/mol. The van der Waals surface area contributed by atoms with Crippen LogP contribution in [0.3, 0.4) is 0 Å². The third kappa shape index (κ3) is 3.71. The van der Waals surface area contributed by atoms with E-state index in [4.69, 9.17) is 16.7 Å². The molecule has 0 aromatic heterocycles. The number of nitrogens with zero attached hydrogens (tertiary/aromatic N) is 2. The molecule has 2 atom stereocenters. The first-order valence-corrected chi connectivity index (χ1v) is 5.68. The second-order valence-corrected chi connectivity index (χ2v) is 4.34. The summed E-state index contributed by atoms with van der Waals surface area (Å²) >= 11 is 0. The normalized spacial score (nSPS) is 20.2. The minimum atomic E-state index is -4.60. The second kappa shape index (κ2) is 5.92. The lowest BCUT2D eigenvalue weighted by atomic mass is 10.1. The Kier molecular flexibility index (Phi) is 4.73. The van der Waals surface area contributed by atoms with E-state index in [-0.39, 0.29) is 12.8 Å². The Bertz CT molecular complexity index is 481. The van der Waals surface area contributed by atoms with Crippen LogP contribution < -0.4 is 11.5 Å². The number of primary amides is 1. The van der Waals surface area contributed by atoms with Crippen molar-refractivity contribution in [3.05, 3.63) is 11.6 Å². The molecule has 0 saturated heterocycles. The van der Waals surface area contributed by atoms with E-state index in [1.54, 1.807) is 6.07 Å². The first-order valence-electron chi connectivity index (χ1n) is 5.68. The van der Waals surface area contributed by atoms with Crippen molar-refractivity contribution < 1.29 is 22.8 Å². The molecule has 0 radical (unpaired) electrons. The Balaban J connectivity index is 2.75. The highest BCUT2D eigenvalue weighted by Crippen LogP contribution is 2.31. The zero-order chi connectivity index (χ0) is 15.5. The minimum absolute atomic E-state index is 0.0792. The van der Waals surface area contributed by atoms with Gasteiger partial charge in [-0.1, -0.05) is 0 Å².